The molecule has 0 aromatic heterocycles. The van der Waals surface area contributed by atoms with E-state index in [1.54, 1.807) is 71.9 Å². The van der Waals surface area contributed by atoms with Gasteiger partial charge in [-0.05, 0) is 90.8 Å². The molecule has 1 amide bonds. The van der Waals surface area contributed by atoms with Crippen LogP contribution in [0.25, 0.3) is 0 Å². The van der Waals surface area contributed by atoms with Crippen LogP contribution in [0.1, 0.15) is 84.0 Å². The van der Waals surface area contributed by atoms with E-state index in [9.17, 15) is 22.8 Å². The maximum Gasteiger partial charge on any atom is 0.324 e. The van der Waals surface area contributed by atoms with Gasteiger partial charge in [0, 0.05) is 17.7 Å². The van der Waals surface area contributed by atoms with Crippen molar-refractivity contribution in [1.82, 2.24) is 4.72 Å². The van der Waals surface area contributed by atoms with E-state index in [1.807, 2.05) is 0 Å². The first-order valence-corrected chi connectivity index (χ1v) is 14.5. The number of rotatable bonds is 12. The van der Waals surface area contributed by atoms with E-state index in [4.69, 9.17) is 9.47 Å². The fraction of sp³-hybridized carbons (Fsp3) is 0.483. The van der Waals surface area contributed by atoms with Gasteiger partial charge in [0.1, 0.15) is 17.2 Å². The molecule has 2 rings (SSSR count). The van der Waals surface area contributed by atoms with Crippen molar-refractivity contribution in [3.05, 3.63) is 60.2 Å². The Balaban J connectivity index is 2.03. The van der Waals surface area contributed by atoms with Gasteiger partial charge in [0.25, 0.3) is 5.91 Å². The first kappa shape index (κ1) is 32.0. The van der Waals surface area contributed by atoms with Crippen LogP contribution in [0.3, 0.4) is 0 Å². The lowest BCUT2D eigenvalue weighted by atomic mass is 10.1. The number of hydrogen-bond acceptors (Lipinski definition) is 7. The Morgan fingerprint density at radius 1 is 0.795 bits per heavy atom. The summed E-state index contributed by atoms with van der Waals surface area (Å²) in [4.78, 5) is 37.0. The van der Waals surface area contributed by atoms with Gasteiger partial charge in [-0.25, -0.2) is 8.42 Å². The van der Waals surface area contributed by atoms with Crippen LogP contribution in [0.2, 0.25) is 0 Å². The summed E-state index contributed by atoms with van der Waals surface area (Å²) >= 11 is 0. The quantitative estimate of drug-likeness (QED) is 0.269. The van der Waals surface area contributed by atoms with Crippen molar-refractivity contribution < 1.29 is 32.3 Å². The standard InChI is InChI=1S/C29H40N2O7S/c1-28(2,3)37-25(32)16-12-8-11-15-24(27(34)38-29(4,5)6)31-39(35,36)23-19-17-22(18-20-23)30-26(33)21-13-9-7-10-14-21/h7,9-10,13-14,17-20,24,31H,8,11-12,15-16H2,1-6H3,(H,30,33)/t24-/m1/s1. The minimum atomic E-state index is -4.07. The van der Waals surface area contributed by atoms with Crippen molar-refractivity contribution in [2.24, 2.45) is 0 Å². The van der Waals surface area contributed by atoms with Gasteiger partial charge >= 0.3 is 11.9 Å². The van der Waals surface area contributed by atoms with Gasteiger partial charge in [-0.1, -0.05) is 31.0 Å². The fourth-order valence-electron chi connectivity index (χ4n) is 3.55. The number of sulfonamides is 1. The number of amides is 1. The molecule has 2 N–H and O–H groups in total. The first-order chi connectivity index (χ1) is 18.1. The number of esters is 2. The number of anilines is 1. The average molecular weight is 561 g/mol. The van der Waals surface area contributed by atoms with E-state index in [1.165, 1.54) is 24.3 Å². The summed E-state index contributed by atoms with van der Waals surface area (Å²) < 4.78 is 39.4. The summed E-state index contributed by atoms with van der Waals surface area (Å²) in [5.74, 6) is -1.29. The van der Waals surface area contributed by atoms with Gasteiger partial charge in [0.05, 0.1) is 4.90 Å². The smallest absolute Gasteiger partial charge is 0.324 e. The number of nitrogens with one attached hydrogen (secondary N) is 2. The molecule has 0 aliphatic heterocycles. The maximum absolute atomic E-state index is 13.1. The molecule has 39 heavy (non-hydrogen) atoms. The van der Waals surface area contributed by atoms with Gasteiger partial charge < -0.3 is 14.8 Å². The van der Waals surface area contributed by atoms with Crippen LogP contribution in [-0.2, 0) is 29.1 Å². The minimum absolute atomic E-state index is 0.0568. The summed E-state index contributed by atoms with van der Waals surface area (Å²) in [6.45, 7) is 10.5. The Kier molecular flexibility index (Phi) is 11.2. The molecule has 10 heteroatoms. The van der Waals surface area contributed by atoms with Crippen molar-refractivity contribution in [1.29, 1.82) is 0 Å². The van der Waals surface area contributed by atoms with Gasteiger partial charge in [0.15, 0.2) is 0 Å². The van der Waals surface area contributed by atoms with E-state index in [0.717, 1.165) is 0 Å². The van der Waals surface area contributed by atoms with E-state index in [-0.39, 0.29) is 29.6 Å². The molecule has 0 radical (unpaired) electrons. The number of benzene rings is 2. The number of carbonyl (C=O) groups is 3. The van der Waals surface area contributed by atoms with E-state index >= 15 is 0 Å². The Hall–Kier alpha value is -3.24. The monoisotopic (exact) mass is 560 g/mol. The van der Waals surface area contributed by atoms with E-state index < -0.39 is 33.2 Å². The second-order valence-electron chi connectivity index (χ2n) is 11.2. The molecule has 0 heterocycles. The Bertz CT molecular complexity index is 1210. The third-order valence-electron chi connectivity index (χ3n) is 5.24. The normalized spacial score (nSPS) is 12.9. The van der Waals surface area contributed by atoms with E-state index in [0.29, 0.717) is 30.5 Å². The first-order valence-electron chi connectivity index (χ1n) is 13.0. The highest BCUT2D eigenvalue weighted by Gasteiger charge is 2.29. The highest BCUT2D eigenvalue weighted by Crippen LogP contribution is 2.19. The minimum Gasteiger partial charge on any atom is -0.460 e. The van der Waals surface area contributed by atoms with Crippen molar-refractivity contribution in [2.75, 3.05) is 5.32 Å². The van der Waals surface area contributed by atoms with Gasteiger partial charge in [0.2, 0.25) is 10.0 Å². The second kappa shape index (κ2) is 13.7. The predicted molar refractivity (Wildman–Crippen MR) is 150 cm³/mol. The molecule has 2 aromatic carbocycles. The Labute approximate surface area is 231 Å². The summed E-state index contributed by atoms with van der Waals surface area (Å²) in [6, 6.07) is 13.2. The molecule has 0 saturated carbocycles. The lowest BCUT2D eigenvalue weighted by Gasteiger charge is -2.24. The van der Waals surface area contributed by atoms with Gasteiger partial charge in [-0.15, -0.1) is 0 Å². The predicted octanol–water partition coefficient (Wildman–Crippen LogP) is 5.22. The summed E-state index contributed by atoms with van der Waals surface area (Å²) in [5.41, 5.74) is -0.447. The highest BCUT2D eigenvalue weighted by molar-refractivity contribution is 7.89. The summed E-state index contributed by atoms with van der Waals surface area (Å²) in [6.07, 6.45) is 2.11. The average Bonchev–Trinajstić information content (AvgIpc) is 2.81. The third kappa shape index (κ3) is 12.0. The lowest BCUT2D eigenvalue weighted by Crippen LogP contribution is -2.44. The molecule has 0 aliphatic rings. The molecule has 0 spiro atoms. The number of ether oxygens (including phenoxy) is 2. The molecule has 2 aromatic rings. The van der Waals surface area contributed by atoms with Crippen molar-refractivity contribution in [2.45, 2.75) is 95.8 Å². The molecular formula is C29H40N2O7S. The summed E-state index contributed by atoms with van der Waals surface area (Å²) in [5, 5.41) is 2.72. The van der Waals surface area contributed by atoms with Crippen LogP contribution in [0.15, 0.2) is 59.5 Å². The number of unbranched alkanes of at least 4 members (excludes halogenated alkanes) is 2. The zero-order valence-corrected chi connectivity index (χ0v) is 24.4. The topological polar surface area (TPSA) is 128 Å². The zero-order valence-electron chi connectivity index (χ0n) is 23.6. The van der Waals surface area contributed by atoms with Crippen LogP contribution in [-0.4, -0.2) is 43.5 Å². The molecule has 214 valence electrons. The van der Waals surface area contributed by atoms with Crippen LogP contribution < -0.4 is 10.0 Å². The molecular weight excluding hydrogens is 520 g/mol. The summed E-state index contributed by atoms with van der Waals surface area (Å²) in [7, 11) is -4.07. The molecule has 0 fully saturated rings. The molecule has 1 atom stereocenters. The van der Waals surface area contributed by atoms with Crippen LogP contribution >= 0.6 is 0 Å². The molecule has 9 nitrogen and oxygen atoms in total. The zero-order chi connectivity index (χ0) is 29.3. The van der Waals surface area contributed by atoms with Crippen molar-refractivity contribution in [3.63, 3.8) is 0 Å². The highest BCUT2D eigenvalue weighted by atomic mass is 32.2. The Morgan fingerprint density at radius 3 is 1.95 bits per heavy atom. The van der Waals surface area contributed by atoms with Gasteiger partial charge in [-0.2, -0.15) is 4.72 Å². The van der Waals surface area contributed by atoms with Gasteiger partial charge in [-0.3, -0.25) is 14.4 Å². The van der Waals surface area contributed by atoms with Crippen molar-refractivity contribution >= 4 is 33.6 Å². The lowest BCUT2D eigenvalue weighted by molar-refractivity contribution is -0.157. The molecule has 0 aliphatic carbocycles. The fourth-order valence-corrected chi connectivity index (χ4v) is 4.77. The van der Waals surface area contributed by atoms with Crippen LogP contribution in [0.5, 0.6) is 0 Å². The second-order valence-corrected chi connectivity index (χ2v) is 13.0. The van der Waals surface area contributed by atoms with Crippen LogP contribution in [0.4, 0.5) is 5.69 Å². The maximum atomic E-state index is 13.1. The largest absolute Gasteiger partial charge is 0.460 e. The Morgan fingerprint density at radius 2 is 1.38 bits per heavy atom. The van der Waals surface area contributed by atoms with E-state index in [2.05, 4.69) is 10.0 Å². The molecule has 0 bridgehead atoms. The third-order valence-corrected chi connectivity index (χ3v) is 6.73. The SMILES string of the molecule is CC(C)(C)OC(=O)CCCCC[C@@H](NS(=O)(=O)c1ccc(NC(=O)c2ccccc2)cc1)C(=O)OC(C)(C)C. The molecule has 0 unspecified atom stereocenters. The molecule has 0 saturated heterocycles. The van der Waals surface area contributed by atoms with Crippen molar-refractivity contribution in [3.8, 4) is 0 Å². The van der Waals surface area contributed by atoms with Crippen LogP contribution in [0, 0.1) is 0 Å². The number of carbonyl (C=O) groups excluding carboxylic acids is 3. The number of hydrogen-bond donors (Lipinski definition) is 2.